The molecule has 1 saturated carbocycles. The molecule has 0 saturated heterocycles. The van der Waals surface area contributed by atoms with Crippen LogP contribution < -0.4 is 4.74 Å². The first kappa shape index (κ1) is 26.6. The van der Waals surface area contributed by atoms with Crippen molar-refractivity contribution < 1.29 is 9.84 Å². The normalized spacial score (nSPS) is 20.1. The van der Waals surface area contributed by atoms with Gasteiger partial charge in [0.2, 0.25) is 0 Å². The second kappa shape index (κ2) is 11.2. The lowest BCUT2D eigenvalue weighted by Gasteiger charge is -2.29. The van der Waals surface area contributed by atoms with E-state index in [2.05, 4.69) is 94.9 Å². The molecular formula is C34H36N6O2. The van der Waals surface area contributed by atoms with Gasteiger partial charge in [0.1, 0.15) is 12.4 Å². The minimum Gasteiger partial charge on any atom is -0.492 e. The first-order chi connectivity index (χ1) is 20.6. The van der Waals surface area contributed by atoms with Gasteiger partial charge in [0.05, 0.1) is 29.9 Å². The number of nitrogens with zero attached hydrogens (tertiary/aromatic N) is 6. The fourth-order valence-electron chi connectivity index (χ4n) is 6.55. The Bertz CT molecular complexity index is 1710. The number of aliphatic hydroxyl groups is 1. The van der Waals surface area contributed by atoms with E-state index in [4.69, 9.17) is 9.84 Å². The zero-order valence-corrected chi connectivity index (χ0v) is 24.1. The Hall–Kier alpha value is -4.27. The van der Waals surface area contributed by atoms with E-state index < -0.39 is 0 Å². The van der Waals surface area contributed by atoms with Crippen LogP contribution in [0.15, 0.2) is 85.2 Å². The third kappa shape index (κ3) is 5.01. The molecule has 0 spiro atoms. The molecule has 2 aromatic heterocycles. The molecule has 8 nitrogen and oxygen atoms in total. The summed E-state index contributed by atoms with van der Waals surface area (Å²) in [5.41, 5.74) is 8.78. The van der Waals surface area contributed by atoms with Crippen LogP contribution in [-0.2, 0) is 20.2 Å². The van der Waals surface area contributed by atoms with Crippen molar-refractivity contribution in [3.8, 4) is 22.6 Å². The van der Waals surface area contributed by atoms with Crippen molar-refractivity contribution in [2.24, 2.45) is 7.05 Å². The Labute approximate surface area is 246 Å². The number of aryl methyl sites for hydroxylation is 1. The lowest BCUT2D eigenvalue weighted by Crippen LogP contribution is -2.29. The first-order valence-corrected chi connectivity index (χ1v) is 14.8. The molecular weight excluding hydrogens is 524 g/mol. The van der Waals surface area contributed by atoms with Crippen molar-refractivity contribution >= 4 is 0 Å². The van der Waals surface area contributed by atoms with Gasteiger partial charge in [-0.3, -0.25) is 9.58 Å². The molecule has 1 N–H and O–H groups in total. The van der Waals surface area contributed by atoms with Crippen LogP contribution in [0.2, 0.25) is 0 Å². The van der Waals surface area contributed by atoms with Crippen LogP contribution in [0.5, 0.6) is 5.75 Å². The van der Waals surface area contributed by atoms with Crippen LogP contribution in [0.4, 0.5) is 0 Å². The fraction of sp³-hybridized carbons (Fsp3) is 0.324. The zero-order valence-electron chi connectivity index (χ0n) is 24.1. The van der Waals surface area contributed by atoms with E-state index >= 15 is 0 Å². The average Bonchev–Trinajstić information content (AvgIpc) is 3.55. The van der Waals surface area contributed by atoms with Crippen LogP contribution >= 0.6 is 0 Å². The highest BCUT2D eigenvalue weighted by molar-refractivity contribution is 5.67. The van der Waals surface area contributed by atoms with E-state index in [9.17, 15) is 5.11 Å². The first-order valence-electron chi connectivity index (χ1n) is 14.8. The van der Waals surface area contributed by atoms with Crippen molar-refractivity contribution in [2.75, 3.05) is 13.2 Å². The molecule has 1 fully saturated rings. The van der Waals surface area contributed by atoms with Gasteiger partial charge >= 0.3 is 0 Å². The van der Waals surface area contributed by atoms with Gasteiger partial charge in [-0.15, -0.1) is 5.10 Å². The Morgan fingerprint density at radius 3 is 2.62 bits per heavy atom. The summed E-state index contributed by atoms with van der Waals surface area (Å²) < 4.78 is 9.84. The van der Waals surface area contributed by atoms with E-state index in [1.807, 2.05) is 17.9 Å². The molecule has 7 rings (SSSR count). The molecule has 0 amide bonds. The zero-order chi connectivity index (χ0) is 28.6. The molecule has 8 heteroatoms. The Morgan fingerprint density at radius 1 is 0.976 bits per heavy atom. The molecule has 0 unspecified atom stereocenters. The molecule has 3 heterocycles. The summed E-state index contributed by atoms with van der Waals surface area (Å²) >= 11 is 0. The van der Waals surface area contributed by atoms with Crippen molar-refractivity contribution in [1.29, 1.82) is 0 Å². The Kier molecular flexibility index (Phi) is 7.09. The lowest BCUT2D eigenvalue weighted by molar-refractivity contribution is 0.170. The van der Waals surface area contributed by atoms with Crippen molar-refractivity contribution in [1.82, 2.24) is 29.7 Å². The minimum atomic E-state index is -0.0362. The van der Waals surface area contributed by atoms with Crippen LogP contribution in [0.25, 0.3) is 16.8 Å². The molecule has 1 aliphatic heterocycles. The van der Waals surface area contributed by atoms with Crippen molar-refractivity contribution in [3.05, 3.63) is 113 Å². The second-order valence-corrected chi connectivity index (χ2v) is 11.4. The SMILES string of the molecule is CC[C@H]1c2ccccc2OCCN1Cc1cccc(-c2cccc(-n3ncc(CO)c3[C@@H]3C[C@H]3c3cn(C)nn3)c2)c1. The van der Waals surface area contributed by atoms with Crippen LogP contribution in [0.1, 0.15) is 65.7 Å². The lowest BCUT2D eigenvalue weighted by atomic mass is 9.99. The molecule has 0 bridgehead atoms. The number of hydrogen-bond donors (Lipinski definition) is 1. The molecule has 214 valence electrons. The number of rotatable bonds is 8. The summed E-state index contributed by atoms with van der Waals surface area (Å²) in [5.74, 6) is 1.56. The summed E-state index contributed by atoms with van der Waals surface area (Å²) in [6.45, 7) is 4.66. The minimum absolute atomic E-state index is 0.0362. The summed E-state index contributed by atoms with van der Waals surface area (Å²) in [6.07, 6.45) is 5.78. The number of fused-ring (bicyclic) bond motifs is 1. The van der Waals surface area contributed by atoms with E-state index in [0.717, 1.165) is 59.9 Å². The van der Waals surface area contributed by atoms with Gasteiger partial charge in [-0.1, -0.05) is 60.7 Å². The third-order valence-electron chi connectivity index (χ3n) is 8.68. The number of hydrogen-bond acceptors (Lipinski definition) is 6. The maximum absolute atomic E-state index is 10.1. The maximum atomic E-state index is 10.1. The van der Waals surface area contributed by atoms with Gasteiger partial charge in [-0.2, -0.15) is 5.10 Å². The molecule has 2 aliphatic rings. The summed E-state index contributed by atoms with van der Waals surface area (Å²) in [7, 11) is 1.89. The molecule has 3 aromatic carbocycles. The molecule has 1 aliphatic carbocycles. The highest BCUT2D eigenvalue weighted by Gasteiger charge is 2.45. The maximum Gasteiger partial charge on any atom is 0.124 e. The van der Waals surface area contributed by atoms with Crippen molar-refractivity contribution in [2.45, 2.75) is 50.8 Å². The monoisotopic (exact) mass is 560 g/mol. The average molecular weight is 561 g/mol. The summed E-state index contributed by atoms with van der Waals surface area (Å²) in [5, 5.41) is 23.3. The van der Waals surface area contributed by atoms with Crippen LogP contribution in [-0.4, -0.2) is 47.9 Å². The van der Waals surface area contributed by atoms with Gasteiger partial charge in [-0.05, 0) is 53.8 Å². The second-order valence-electron chi connectivity index (χ2n) is 11.4. The smallest absolute Gasteiger partial charge is 0.124 e. The molecule has 5 aromatic rings. The highest BCUT2D eigenvalue weighted by Crippen LogP contribution is 2.55. The van der Waals surface area contributed by atoms with Gasteiger partial charge < -0.3 is 9.84 Å². The summed E-state index contributed by atoms with van der Waals surface area (Å²) in [4.78, 5) is 2.54. The van der Waals surface area contributed by atoms with E-state index in [0.29, 0.717) is 18.6 Å². The van der Waals surface area contributed by atoms with Gasteiger partial charge in [0, 0.05) is 55.3 Å². The fourth-order valence-corrected chi connectivity index (χ4v) is 6.55. The summed E-state index contributed by atoms with van der Waals surface area (Å²) in [6, 6.07) is 26.1. The van der Waals surface area contributed by atoms with Gasteiger partial charge in [0.15, 0.2) is 0 Å². The number of ether oxygens (including phenoxy) is 1. The van der Waals surface area contributed by atoms with Crippen LogP contribution in [0, 0.1) is 0 Å². The largest absolute Gasteiger partial charge is 0.492 e. The van der Waals surface area contributed by atoms with Crippen LogP contribution in [0.3, 0.4) is 0 Å². The van der Waals surface area contributed by atoms with E-state index in [1.165, 1.54) is 16.7 Å². The Balaban J connectivity index is 1.16. The van der Waals surface area contributed by atoms with E-state index in [-0.39, 0.29) is 12.5 Å². The Morgan fingerprint density at radius 2 is 1.81 bits per heavy atom. The molecule has 42 heavy (non-hydrogen) atoms. The number of benzene rings is 3. The quantitative estimate of drug-likeness (QED) is 0.259. The predicted octanol–water partition coefficient (Wildman–Crippen LogP) is 5.78. The standard InChI is InChI=1S/C34H36N6O2/c1-3-32-28-12-4-5-13-33(28)42-15-14-39(32)20-23-8-6-9-24(16-23)25-10-7-11-27(17-25)40-34(26(22-41)19-35-40)30-18-29(30)31-21-38(2)37-36-31/h4-13,16-17,19,21,29-30,32,41H,3,14-15,18,20,22H2,1-2H3/t29-,30-,32+/m1/s1. The highest BCUT2D eigenvalue weighted by atomic mass is 16.5. The molecule has 3 atom stereocenters. The van der Waals surface area contributed by atoms with Crippen molar-refractivity contribution in [3.63, 3.8) is 0 Å². The topological polar surface area (TPSA) is 81.2 Å². The third-order valence-corrected chi connectivity index (χ3v) is 8.68. The van der Waals surface area contributed by atoms with E-state index in [1.54, 1.807) is 10.9 Å². The predicted molar refractivity (Wildman–Crippen MR) is 161 cm³/mol. The number of aromatic nitrogens is 5. The number of para-hydroxylation sites is 1. The number of aliphatic hydroxyl groups excluding tert-OH is 1. The van der Waals surface area contributed by atoms with Gasteiger partial charge in [0.25, 0.3) is 0 Å². The molecule has 0 radical (unpaired) electrons. The van der Waals surface area contributed by atoms with Gasteiger partial charge in [-0.25, -0.2) is 4.68 Å².